The van der Waals surface area contributed by atoms with E-state index < -0.39 is 5.54 Å². The van der Waals surface area contributed by atoms with E-state index >= 15 is 0 Å². The number of nitriles is 1. The first-order chi connectivity index (χ1) is 9.10. The van der Waals surface area contributed by atoms with E-state index in [4.69, 9.17) is 9.47 Å². The minimum atomic E-state index is -0.527. The highest BCUT2D eigenvalue weighted by molar-refractivity contribution is 5.43. The number of rotatable bonds is 6. The van der Waals surface area contributed by atoms with Gasteiger partial charge in [-0.2, -0.15) is 5.26 Å². The molecule has 1 atom stereocenters. The van der Waals surface area contributed by atoms with E-state index in [1.165, 1.54) is 12.8 Å². The predicted molar refractivity (Wildman–Crippen MR) is 73.4 cm³/mol. The Kier molecular flexibility index (Phi) is 3.96. The minimum Gasteiger partial charge on any atom is -0.493 e. The maximum absolute atomic E-state index is 9.38. The van der Waals surface area contributed by atoms with Gasteiger partial charge in [0.2, 0.25) is 0 Å². The topological polar surface area (TPSA) is 54.3 Å². The highest BCUT2D eigenvalue weighted by atomic mass is 16.5. The molecular weight excluding hydrogens is 240 g/mol. The van der Waals surface area contributed by atoms with Gasteiger partial charge in [-0.15, -0.1) is 0 Å². The molecule has 1 unspecified atom stereocenters. The SMILES string of the molecule is COc1ccc(CC(C)(C#N)NC2CC2)cc1OC. The van der Waals surface area contributed by atoms with Gasteiger partial charge in [-0.3, -0.25) is 5.32 Å². The summed E-state index contributed by atoms with van der Waals surface area (Å²) in [6.45, 7) is 1.95. The fourth-order valence-corrected chi connectivity index (χ4v) is 2.20. The Morgan fingerprint density at radius 2 is 2.00 bits per heavy atom. The van der Waals surface area contributed by atoms with Gasteiger partial charge in [0.15, 0.2) is 11.5 Å². The normalized spacial score (nSPS) is 17.4. The molecule has 4 nitrogen and oxygen atoms in total. The molecule has 19 heavy (non-hydrogen) atoms. The van der Waals surface area contributed by atoms with Gasteiger partial charge in [0, 0.05) is 12.5 Å². The van der Waals surface area contributed by atoms with Crippen molar-refractivity contribution in [2.75, 3.05) is 14.2 Å². The van der Waals surface area contributed by atoms with E-state index in [1.807, 2.05) is 25.1 Å². The number of methoxy groups -OCH3 is 2. The van der Waals surface area contributed by atoms with Crippen LogP contribution in [-0.2, 0) is 6.42 Å². The Morgan fingerprint density at radius 1 is 1.32 bits per heavy atom. The standard InChI is InChI=1S/C15H20N2O2/c1-15(10-16,17-12-5-6-12)9-11-4-7-13(18-2)14(8-11)19-3/h4,7-8,12,17H,5-6,9H2,1-3H3. The molecule has 2 rings (SSSR count). The van der Waals surface area contributed by atoms with E-state index in [9.17, 15) is 5.26 Å². The molecule has 0 aliphatic heterocycles. The van der Waals surface area contributed by atoms with Crippen molar-refractivity contribution in [3.8, 4) is 17.6 Å². The molecule has 4 heteroatoms. The first-order valence-corrected chi connectivity index (χ1v) is 6.50. The van der Waals surface area contributed by atoms with Gasteiger partial charge in [-0.25, -0.2) is 0 Å². The number of nitrogens with one attached hydrogen (secondary N) is 1. The lowest BCUT2D eigenvalue weighted by Crippen LogP contribution is -2.44. The Labute approximate surface area is 114 Å². The van der Waals surface area contributed by atoms with Crippen molar-refractivity contribution in [3.05, 3.63) is 23.8 Å². The monoisotopic (exact) mass is 260 g/mol. The summed E-state index contributed by atoms with van der Waals surface area (Å²) in [6.07, 6.45) is 2.99. The molecule has 0 heterocycles. The molecule has 0 spiro atoms. The van der Waals surface area contributed by atoms with Gasteiger partial charge in [-0.1, -0.05) is 6.07 Å². The minimum absolute atomic E-state index is 0.504. The van der Waals surface area contributed by atoms with Crippen LogP contribution in [0.5, 0.6) is 11.5 Å². The summed E-state index contributed by atoms with van der Waals surface area (Å²) >= 11 is 0. The molecule has 1 fully saturated rings. The third-order valence-electron chi connectivity index (χ3n) is 3.35. The summed E-state index contributed by atoms with van der Waals surface area (Å²) in [4.78, 5) is 0. The second-order valence-electron chi connectivity index (χ2n) is 5.23. The maximum Gasteiger partial charge on any atom is 0.160 e. The zero-order valence-corrected chi connectivity index (χ0v) is 11.7. The van der Waals surface area contributed by atoms with Crippen molar-refractivity contribution >= 4 is 0 Å². The van der Waals surface area contributed by atoms with Crippen LogP contribution in [-0.4, -0.2) is 25.8 Å². The number of hydrogen-bond donors (Lipinski definition) is 1. The van der Waals surface area contributed by atoms with Crippen molar-refractivity contribution in [2.45, 2.75) is 37.8 Å². The lowest BCUT2D eigenvalue weighted by Gasteiger charge is -2.23. The zero-order chi connectivity index (χ0) is 13.9. The first kappa shape index (κ1) is 13.7. The third kappa shape index (κ3) is 3.39. The van der Waals surface area contributed by atoms with E-state index in [1.54, 1.807) is 14.2 Å². The Balaban J connectivity index is 2.15. The molecule has 0 radical (unpaired) electrons. The molecule has 1 aliphatic rings. The number of benzene rings is 1. The van der Waals surface area contributed by atoms with Gasteiger partial charge in [0.05, 0.1) is 20.3 Å². The lowest BCUT2D eigenvalue weighted by atomic mass is 9.94. The van der Waals surface area contributed by atoms with Crippen LogP contribution in [0.2, 0.25) is 0 Å². The largest absolute Gasteiger partial charge is 0.493 e. The first-order valence-electron chi connectivity index (χ1n) is 6.50. The van der Waals surface area contributed by atoms with Gasteiger partial charge < -0.3 is 9.47 Å². The van der Waals surface area contributed by atoms with Crippen LogP contribution in [0.3, 0.4) is 0 Å². The van der Waals surface area contributed by atoms with Crippen LogP contribution in [0.1, 0.15) is 25.3 Å². The van der Waals surface area contributed by atoms with Crippen LogP contribution in [0.15, 0.2) is 18.2 Å². The average Bonchev–Trinajstić information content (AvgIpc) is 3.22. The molecule has 1 saturated carbocycles. The number of nitrogens with zero attached hydrogens (tertiary/aromatic N) is 1. The molecular formula is C15H20N2O2. The van der Waals surface area contributed by atoms with Gasteiger partial charge in [0.1, 0.15) is 5.54 Å². The highest BCUT2D eigenvalue weighted by Crippen LogP contribution is 2.30. The summed E-state index contributed by atoms with van der Waals surface area (Å²) in [5, 5.41) is 12.8. The van der Waals surface area contributed by atoms with Crippen LogP contribution in [0, 0.1) is 11.3 Å². The van der Waals surface area contributed by atoms with Crippen LogP contribution in [0.25, 0.3) is 0 Å². The van der Waals surface area contributed by atoms with Crippen molar-refractivity contribution in [2.24, 2.45) is 0 Å². The Hall–Kier alpha value is -1.73. The quantitative estimate of drug-likeness (QED) is 0.852. The maximum atomic E-state index is 9.38. The highest BCUT2D eigenvalue weighted by Gasteiger charge is 2.32. The lowest BCUT2D eigenvalue weighted by molar-refractivity contribution is 0.354. The molecule has 0 aromatic heterocycles. The van der Waals surface area contributed by atoms with E-state index in [0.717, 1.165) is 5.56 Å². The summed E-state index contributed by atoms with van der Waals surface area (Å²) in [5.74, 6) is 1.41. The molecule has 0 amide bonds. The predicted octanol–water partition coefficient (Wildman–Crippen LogP) is 2.28. The molecule has 0 bridgehead atoms. The second-order valence-corrected chi connectivity index (χ2v) is 5.23. The summed E-state index contributed by atoms with van der Waals surface area (Å²) < 4.78 is 10.5. The zero-order valence-electron chi connectivity index (χ0n) is 11.7. The third-order valence-corrected chi connectivity index (χ3v) is 3.35. The van der Waals surface area contributed by atoms with Gasteiger partial charge >= 0.3 is 0 Å². The van der Waals surface area contributed by atoms with Crippen molar-refractivity contribution in [1.29, 1.82) is 5.26 Å². The van der Waals surface area contributed by atoms with Crippen LogP contribution < -0.4 is 14.8 Å². The molecule has 1 aromatic rings. The average molecular weight is 260 g/mol. The molecule has 1 N–H and O–H groups in total. The smallest absolute Gasteiger partial charge is 0.160 e. The van der Waals surface area contributed by atoms with Crippen molar-refractivity contribution in [1.82, 2.24) is 5.32 Å². The van der Waals surface area contributed by atoms with Crippen LogP contribution >= 0.6 is 0 Å². The van der Waals surface area contributed by atoms with E-state index in [-0.39, 0.29) is 0 Å². The van der Waals surface area contributed by atoms with Crippen LogP contribution in [0.4, 0.5) is 0 Å². The summed E-state index contributed by atoms with van der Waals surface area (Å²) in [5.41, 5.74) is 0.538. The summed E-state index contributed by atoms with van der Waals surface area (Å²) in [7, 11) is 3.24. The summed E-state index contributed by atoms with van der Waals surface area (Å²) in [6, 6.07) is 8.67. The van der Waals surface area contributed by atoms with Gasteiger partial charge in [0.25, 0.3) is 0 Å². The molecule has 0 saturated heterocycles. The second kappa shape index (κ2) is 5.50. The van der Waals surface area contributed by atoms with Crippen molar-refractivity contribution < 1.29 is 9.47 Å². The molecule has 102 valence electrons. The van der Waals surface area contributed by atoms with E-state index in [2.05, 4.69) is 11.4 Å². The molecule has 1 aliphatic carbocycles. The fraction of sp³-hybridized carbons (Fsp3) is 0.533. The van der Waals surface area contributed by atoms with E-state index in [0.29, 0.717) is 24.0 Å². The van der Waals surface area contributed by atoms with Crippen molar-refractivity contribution in [3.63, 3.8) is 0 Å². The Morgan fingerprint density at radius 3 is 2.53 bits per heavy atom. The molecule has 1 aromatic carbocycles. The number of hydrogen-bond acceptors (Lipinski definition) is 4. The number of ether oxygens (including phenoxy) is 2. The Bertz CT molecular complexity index is 491. The van der Waals surface area contributed by atoms with Gasteiger partial charge in [-0.05, 0) is 37.5 Å². The fourth-order valence-electron chi connectivity index (χ4n) is 2.20.